The van der Waals surface area contributed by atoms with Crippen molar-refractivity contribution in [2.24, 2.45) is 0 Å². The van der Waals surface area contributed by atoms with Gasteiger partial charge in [-0.15, -0.1) is 0 Å². The minimum absolute atomic E-state index is 0.0739. The van der Waals surface area contributed by atoms with Crippen LogP contribution in [0.2, 0.25) is 0 Å². The molecule has 8 nitrogen and oxygen atoms in total. The zero-order valence-corrected chi connectivity index (χ0v) is 13.0. The molecule has 122 valence electrons. The Hall–Kier alpha value is -2.90. The van der Waals surface area contributed by atoms with Crippen LogP contribution in [-0.4, -0.2) is 60.7 Å². The summed E-state index contributed by atoms with van der Waals surface area (Å²) >= 11 is 0. The van der Waals surface area contributed by atoms with Crippen LogP contribution in [0.5, 0.6) is 11.5 Å². The zero-order valence-electron chi connectivity index (χ0n) is 13.0. The van der Waals surface area contributed by atoms with Gasteiger partial charge in [0, 0.05) is 12.1 Å². The van der Waals surface area contributed by atoms with Gasteiger partial charge in [-0.2, -0.15) is 0 Å². The fraction of sp³-hybridized carbons (Fsp3) is 0.333. The Balaban J connectivity index is 2.21. The molecule has 0 bridgehead atoms. The van der Waals surface area contributed by atoms with E-state index in [2.05, 4.69) is 0 Å². The average Bonchev–Trinajstić information content (AvgIpc) is 2.77. The van der Waals surface area contributed by atoms with Crippen LogP contribution in [0, 0.1) is 0 Å². The highest BCUT2D eigenvalue weighted by Gasteiger charge is 2.44. The Morgan fingerprint density at radius 1 is 1.00 bits per heavy atom. The van der Waals surface area contributed by atoms with Gasteiger partial charge < -0.3 is 9.47 Å². The summed E-state index contributed by atoms with van der Waals surface area (Å²) in [7, 11) is 2.89. The monoisotopic (exact) mass is 320 g/mol. The quantitative estimate of drug-likeness (QED) is 0.435. The summed E-state index contributed by atoms with van der Waals surface area (Å²) in [5.74, 6) is -1.60. The van der Waals surface area contributed by atoms with E-state index in [0.717, 1.165) is 4.90 Å². The number of benzene rings is 1. The topological polar surface area (TPSA) is 93.2 Å². The summed E-state index contributed by atoms with van der Waals surface area (Å²) in [4.78, 5) is 49.1. The van der Waals surface area contributed by atoms with Crippen molar-refractivity contribution in [2.75, 3.05) is 27.3 Å². The summed E-state index contributed by atoms with van der Waals surface area (Å²) in [5.41, 5.74) is 0.241. The minimum atomic E-state index is -0.995. The average molecular weight is 320 g/mol. The molecule has 1 saturated heterocycles. The first-order valence-electron chi connectivity index (χ1n) is 6.87. The van der Waals surface area contributed by atoms with Gasteiger partial charge in [-0.3, -0.25) is 19.3 Å². The van der Waals surface area contributed by atoms with E-state index in [0.29, 0.717) is 16.4 Å². The van der Waals surface area contributed by atoms with Gasteiger partial charge in [-0.25, -0.2) is 9.69 Å². The molecule has 1 aromatic rings. The number of imide groups is 2. The molecule has 0 aliphatic carbocycles. The summed E-state index contributed by atoms with van der Waals surface area (Å²) in [5, 5.41) is 0. The summed E-state index contributed by atoms with van der Waals surface area (Å²) < 4.78 is 10.2. The number of nitrogens with zero attached hydrogens (tertiary/aromatic N) is 2. The number of hydrogen-bond acceptors (Lipinski definition) is 6. The Kier molecular flexibility index (Phi) is 4.63. The number of carbonyl (C=O) groups is 4. The highest BCUT2D eigenvalue weighted by atomic mass is 16.5. The maximum Gasteiger partial charge on any atom is 0.334 e. The predicted molar refractivity (Wildman–Crippen MR) is 78.4 cm³/mol. The van der Waals surface area contributed by atoms with Gasteiger partial charge in [0.2, 0.25) is 0 Å². The summed E-state index contributed by atoms with van der Waals surface area (Å²) in [6.45, 7) is 1.14. The number of urea groups is 1. The lowest BCUT2D eigenvalue weighted by Crippen LogP contribution is -2.37. The molecule has 0 spiro atoms. The number of Topliss-reactive ketones (excluding diaryl/α,β-unsaturated/α-hetero) is 1. The van der Waals surface area contributed by atoms with Gasteiger partial charge in [0.1, 0.15) is 0 Å². The van der Waals surface area contributed by atoms with Crippen LogP contribution >= 0.6 is 0 Å². The van der Waals surface area contributed by atoms with Crippen molar-refractivity contribution in [3.8, 4) is 11.5 Å². The number of ether oxygens (including phenoxy) is 2. The standard InChI is InChI=1S/C15H16N2O6/c1-4-16-13(19)14(20)17(15(16)21)8-10(18)9-5-6-11(22-2)12(7-9)23-3/h5-7H,4,8H2,1-3H3. The Morgan fingerprint density at radius 3 is 2.13 bits per heavy atom. The smallest absolute Gasteiger partial charge is 0.334 e. The minimum Gasteiger partial charge on any atom is -0.493 e. The lowest BCUT2D eigenvalue weighted by atomic mass is 10.1. The fourth-order valence-electron chi connectivity index (χ4n) is 2.21. The van der Waals surface area contributed by atoms with Crippen LogP contribution in [0.15, 0.2) is 18.2 Å². The fourth-order valence-corrected chi connectivity index (χ4v) is 2.21. The number of rotatable bonds is 6. The Labute approximate surface area is 132 Å². The molecule has 2 rings (SSSR count). The normalized spacial score (nSPS) is 14.5. The third kappa shape index (κ3) is 2.87. The number of carbonyl (C=O) groups excluding carboxylic acids is 4. The van der Waals surface area contributed by atoms with Crippen molar-refractivity contribution >= 4 is 23.6 Å². The lowest BCUT2D eigenvalue weighted by Gasteiger charge is -2.14. The molecule has 0 aromatic heterocycles. The van der Waals surface area contributed by atoms with Gasteiger partial charge in [0.25, 0.3) is 0 Å². The van der Waals surface area contributed by atoms with Gasteiger partial charge in [0.15, 0.2) is 17.3 Å². The summed E-state index contributed by atoms with van der Waals surface area (Å²) in [6, 6.07) is 3.71. The van der Waals surface area contributed by atoms with Crippen LogP contribution in [-0.2, 0) is 9.59 Å². The highest BCUT2D eigenvalue weighted by Crippen LogP contribution is 2.28. The van der Waals surface area contributed by atoms with E-state index < -0.39 is 30.2 Å². The molecule has 0 atom stereocenters. The first-order chi connectivity index (χ1) is 10.9. The van der Waals surface area contributed by atoms with Gasteiger partial charge >= 0.3 is 17.8 Å². The maximum absolute atomic E-state index is 12.3. The van der Waals surface area contributed by atoms with Crippen LogP contribution < -0.4 is 9.47 Å². The van der Waals surface area contributed by atoms with E-state index in [1.54, 1.807) is 13.0 Å². The van der Waals surface area contributed by atoms with Crippen LogP contribution in [0.25, 0.3) is 0 Å². The Bertz CT molecular complexity index is 685. The second-order valence-electron chi connectivity index (χ2n) is 4.72. The molecule has 0 radical (unpaired) electrons. The molecular formula is C15H16N2O6. The molecular weight excluding hydrogens is 304 g/mol. The van der Waals surface area contributed by atoms with E-state index >= 15 is 0 Å². The van der Waals surface area contributed by atoms with Crippen LogP contribution in [0.4, 0.5) is 4.79 Å². The highest BCUT2D eigenvalue weighted by molar-refractivity contribution is 6.45. The number of ketones is 1. The third-order valence-electron chi connectivity index (χ3n) is 3.46. The van der Waals surface area contributed by atoms with Crippen molar-refractivity contribution < 1.29 is 28.7 Å². The molecule has 1 aliphatic heterocycles. The van der Waals surface area contributed by atoms with Gasteiger partial charge in [-0.05, 0) is 25.1 Å². The molecule has 4 amide bonds. The number of likely N-dealkylation sites (N-methyl/N-ethyl adjacent to an activating group) is 1. The van der Waals surface area contributed by atoms with E-state index in [1.807, 2.05) is 0 Å². The maximum atomic E-state index is 12.3. The van der Waals surface area contributed by atoms with Crippen molar-refractivity contribution in [3.05, 3.63) is 23.8 Å². The molecule has 0 N–H and O–H groups in total. The van der Waals surface area contributed by atoms with Crippen molar-refractivity contribution in [1.82, 2.24) is 9.80 Å². The van der Waals surface area contributed by atoms with Crippen LogP contribution in [0.3, 0.4) is 0 Å². The molecule has 0 unspecified atom stereocenters. The largest absolute Gasteiger partial charge is 0.493 e. The van der Waals surface area contributed by atoms with E-state index in [4.69, 9.17) is 9.47 Å². The van der Waals surface area contributed by atoms with E-state index in [1.165, 1.54) is 26.4 Å². The predicted octanol–water partition coefficient (Wildman–Crippen LogP) is 0.697. The molecule has 1 aromatic carbocycles. The van der Waals surface area contributed by atoms with Crippen molar-refractivity contribution in [3.63, 3.8) is 0 Å². The van der Waals surface area contributed by atoms with E-state index in [-0.39, 0.29) is 12.1 Å². The summed E-state index contributed by atoms with van der Waals surface area (Å²) in [6.07, 6.45) is 0. The number of amides is 4. The van der Waals surface area contributed by atoms with Gasteiger partial charge in [-0.1, -0.05) is 0 Å². The SMILES string of the molecule is CCN1C(=O)C(=O)N(CC(=O)c2ccc(OC)c(OC)c2)C1=O. The van der Waals surface area contributed by atoms with Crippen molar-refractivity contribution in [1.29, 1.82) is 0 Å². The molecule has 1 heterocycles. The molecule has 1 aliphatic rings. The molecule has 1 fully saturated rings. The first-order valence-corrected chi connectivity index (χ1v) is 6.87. The molecule has 8 heteroatoms. The zero-order chi connectivity index (χ0) is 17.1. The lowest BCUT2D eigenvalue weighted by molar-refractivity contribution is -0.143. The first kappa shape index (κ1) is 16.5. The molecule has 23 heavy (non-hydrogen) atoms. The van der Waals surface area contributed by atoms with Crippen molar-refractivity contribution in [2.45, 2.75) is 6.92 Å². The number of methoxy groups -OCH3 is 2. The second kappa shape index (κ2) is 6.47. The molecule has 0 saturated carbocycles. The number of hydrogen-bond donors (Lipinski definition) is 0. The Morgan fingerprint density at radius 2 is 1.61 bits per heavy atom. The van der Waals surface area contributed by atoms with E-state index in [9.17, 15) is 19.2 Å². The van der Waals surface area contributed by atoms with Gasteiger partial charge in [0.05, 0.1) is 20.8 Å². The van der Waals surface area contributed by atoms with Crippen LogP contribution in [0.1, 0.15) is 17.3 Å². The third-order valence-corrected chi connectivity index (χ3v) is 3.46. The second-order valence-corrected chi connectivity index (χ2v) is 4.72.